The fourth-order valence-electron chi connectivity index (χ4n) is 3.74. The highest BCUT2D eigenvalue weighted by molar-refractivity contribution is 6.31. The van der Waals surface area contributed by atoms with E-state index in [1.54, 1.807) is 54.9 Å². The van der Waals surface area contributed by atoms with E-state index in [4.69, 9.17) is 20.9 Å². The number of carbonyl (C=O) groups excluding carboxylic acids is 1. The average molecular weight is 488 g/mol. The Labute approximate surface area is 204 Å². The van der Waals surface area contributed by atoms with Gasteiger partial charge in [0.2, 0.25) is 11.7 Å². The van der Waals surface area contributed by atoms with E-state index >= 15 is 0 Å². The van der Waals surface area contributed by atoms with Crippen molar-refractivity contribution in [2.45, 2.75) is 6.54 Å². The number of benzene rings is 2. The molecule has 35 heavy (non-hydrogen) atoms. The van der Waals surface area contributed by atoms with Gasteiger partial charge < -0.3 is 14.6 Å². The first-order valence-corrected chi connectivity index (χ1v) is 10.9. The van der Waals surface area contributed by atoms with Crippen LogP contribution in [0.3, 0.4) is 0 Å². The number of rotatable bonds is 6. The summed E-state index contributed by atoms with van der Waals surface area (Å²) in [4.78, 5) is 34.4. The van der Waals surface area contributed by atoms with E-state index in [2.05, 4.69) is 20.4 Å². The number of pyridine rings is 2. The zero-order chi connectivity index (χ0) is 24.4. The minimum Gasteiger partial charge on any atom is -0.495 e. The summed E-state index contributed by atoms with van der Waals surface area (Å²) in [5.74, 6) is 0.621. The zero-order valence-corrected chi connectivity index (χ0v) is 19.2. The van der Waals surface area contributed by atoms with E-state index in [9.17, 15) is 9.59 Å². The number of amides is 1. The summed E-state index contributed by atoms with van der Waals surface area (Å²) in [6.45, 7) is -0.221. The van der Waals surface area contributed by atoms with Gasteiger partial charge in [-0.3, -0.25) is 19.1 Å². The maximum absolute atomic E-state index is 13.1. The van der Waals surface area contributed by atoms with Crippen LogP contribution in [0.5, 0.6) is 5.75 Å². The summed E-state index contributed by atoms with van der Waals surface area (Å²) in [5, 5.41) is 7.92. The van der Waals surface area contributed by atoms with Gasteiger partial charge in [0.25, 0.3) is 11.4 Å². The quantitative estimate of drug-likeness (QED) is 0.377. The van der Waals surface area contributed by atoms with Gasteiger partial charge in [-0.2, -0.15) is 4.98 Å². The standard InChI is InChI=1S/C25H18ClN5O4/c1-34-21-7-6-16(26)12-19(21)28-22(32)14-31-20-5-3-2-4-17(20)18(13-23(31)33)25-29-24(30-35-25)15-8-10-27-11-9-15/h2-13H,14H2,1H3,(H,28,32). The van der Waals surface area contributed by atoms with Crippen molar-refractivity contribution in [3.63, 3.8) is 0 Å². The van der Waals surface area contributed by atoms with Gasteiger partial charge in [0, 0.05) is 34.4 Å². The Morgan fingerprint density at radius 3 is 2.71 bits per heavy atom. The van der Waals surface area contributed by atoms with Crippen LogP contribution in [0.2, 0.25) is 5.02 Å². The van der Waals surface area contributed by atoms with Crippen molar-refractivity contribution < 1.29 is 14.1 Å². The highest BCUT2D eigenvalue weighted by Gasteiger charge is 2.18. The molecule has 3 aromatic heterocycles. The summed E-state index contributed by atoms with van der Waals surface area (Å²) in [6.07, 6.45) is 3.26. The smallest absolute Gasteiger partial charge is 0.259 e. The Morgan fingerprint density at radius 2 is 1.91 bits per heavy atom. The van der Waals surface area contributed by atoms with Crippen LogP contribution in [-0.4, -0.2) is 32.7 Å². The molecule has 1 amide bonds. The molecule has 174 valence electrons. The maximum Gasteiger partial charge on any atom is 0.259 e. The van der Waals surface area contributed by atoms with Gasteiger partial charge in [0.05, 0.1) is 23.9 Å². The molecule has 0 spiro atoms. The van der Waals surface area contributed by atoms with Crippen molar-refractivity contribution in [3.05, 3.63) is 88.4 Å². The number of anilines is 1. The predicted molar refractivity (Wildman–Crippen MR) is 131 cm³/mol. The number of nitrogens with one attached hydrogen (secondary N) is 1. The lowest BCUT2D eigenvalue weighted by molar-refractivity contribution is -0.116. The molecular weight excluding hydrogens is 470 g/mol. The summed E-state index contributed by atoms with van der Waals surface area (Å²) in [7, 11) is 1.49. The Balaban J connectivity index is 1.50. The molecule has 0 atom stereocenters. The molecule has 5 aromatic rings. The molecule has 0 aliphatic heterocycles. The predicted octanol–water partition coefficient (Wildman–Crippen LogP) is 4.41. The highest BCUT2D eigenvalue weighted by atomic mass is 35.5. The van der Waals surface area contributed by atoms with Crippen LogP contribution in [0.25, 0.3) is 33.7 Å². The van der Waals surface area contributed by atoms with Crippen LogP contribution in [0, 0.1) is 0 Å². The van der Waals surface area contributed by atoms with E-state index in [0.717, 1.165) is 5.56 Å². The summed E-state index contributed by atoms with van der Waals surface area (Å²) >= 11 is 6.05. The van der Waals surface area contributed by atoms with E-state index in [1.165, 1.54) is 17.7 Å². The molecule has 0 saturated heterocycles. The van der Waals surface area contributed by atoms with Crippen LogP contribution in [0.4, 0.5) is 5.69 Å². The first-order valence-electron chi connectivity index (χ1n) is 10.5. The summed E-state index contributed by atoms with van der Waals surface area (Å²) in [6, 6.07) is 17.0. The third kappa shape index (κ3) is 4.49. The van der Waals surface area contributed by atoms with Crippen LogP contribution >= 0.6 is 11.6 Å². The fraction of sp³-hybridized carbons (Fsp3) is 0.0800. The number of hydrogen-bond acceptors (Lipinski definition) is 7. The molecule has 5 rings (SSSR count). The van der Waals surface area contributed by atoms with Crippen LogP contribution in [0.1, 0.15) is 0 Å². The molecule has 0 unspecified atom stereocenters. The third-order valence-electron chi connectivity index (χ3n) is 5.35. The minimum absolute atomic E-state index is 0.199. The SMILES string of the molecule is COc1ccc(Cl)cc1NC(=O)Cn1c(=O)cc(-c2nc(-c3ccncc3)no2)c2ccccc21. The molecule has 1 N–H and O–H groups in total. The molecule has 2 aromatic carbocycles. The molecule has 3 heterocycles. The number of nitrogens with zero attached hydrogens (tertiary/aromatic N) is 4. The molecule has 0 radical (unpaired) electrons. The minimum atomic E-state index is -0.414. The van der Waals surface area contributed by atoms with Crippen molar-refractivity contribution in [2.75, 3.05) is 12.4 Å². The van der Waals surface area contributed by atoms with E-state index in [1.807, 2.05) is 12.1 Å². The van der Waals surface area contributed by atoms with Gasteiger partial charge in [-0.05, 0) is 36.4 Å². The van der Waals surface area contributed by atoms with Crippen LogP contribution in [0.15, 0.2) is 82.4 Å². The first-order chi connectivity index (χ1) is 17.0. The lowest BCUT2D eigenvalue weighted by Crippen LogP contribution is -2.28. The number of halogens is 1. The number of hydrogen-bond donors (Lipinski definition) is 1. The van der Waals surface area contributed by atoms with Gasteiger partial charge >= 0.3 is 0 Å². The Hall–Kier alpha value is -4.50. The number of methoxy groups -OCH3 is 1. The Bertz CT molecular complexity index is 1600. The molecular formula is C25H18ClN5O4. The number of carbonyl (C=O) groups is 1. The normalized spacial score (nSPS) is 10.9. The van der Waals surface area contributed by atoms with E-state index in [0.29, 0.717) is 38.8 Å². The number of fused-ring (bicyclic) bond motifs is 1. The topological polar surface area (TPSA) is 112 Å². The molecule has 9 nitrogen and oxygen atoms in total. The second-order valence-electron chi connectivity index (χ2n) is 7.55. The lowest BCUT2D eigenvalue weighted by atomic mass is 10.1. The second kappa shape index (κ2) is 9.40. The molecule has 0 saturated carbocycles. The van der Waals surface area contributed by atoms with Crippen molar-refractivity contribution in [1.29, 1.82) is 0 Å². The van der Waals surface area contributed by atoms with Crippen LogP contribution < -0.4 is 15.6 Å². The van der Waals surface area contributed by atoms with Crippen molar-refractivity contribution >= 4 is 34.1 Å². The second-order valence-corrected chi connectivity index (χ2v) is 7.99. The number of aromatic nitrogens is 4. The number of para-hydroxylation sites is 1. The van der Waals surface area contributed by atoms with Crippen LogP contribution in [-0.2, 0) is 11.3 Å². The maximum atomic E-state index is 13.1. The zero-order valence-electron chi connectivity index (χ0n) is 18.4. The van der Waals surface area contributed by atoms with E-state index in [-0.39, 0.29) is 12.4 Å². The lowest BCUT2D eigenvalue weighted by Gasteiger charge is -2.14. The Morgan fingerprint density at radius 1 is 1.11 bits per heavy atom. The highest BCUT2D eigenvalue weighted by Crippen LogP contribution is 2.29. The number of ether oxygens (including phenoxy) is 1. The molecule has 0 aliphatic rings. The third-order valence-corrected chi connectivity index (χ3v) is 5.59. The van der Waals surface area contributed by atoms with Crippen molar-refractivity contribution in [1.82, 2.24) is 19.7 Å². The van der Waals surface area contributed by atoms with Gasteiger partial charge in [-0.1, -0.05) is 35.0 Å². The van der Waals surface area contributed by atoms with E-state index < -0.39 is 11.5 Å². The van der Waals surface area contributed by atoms with Crippen molar-refractivity contribution in [2.24, 2.45) is 0 Å². The van der Waals surface area contributed by atoms with Gasteiger partial charge in [-0.25, -0.2) is 0 Å². The molecule has 10 heteroatoms. The monoisotopic (exact) mass is 487 g/mol. The van der Waals surface area contributed by atoms with Gasteiger partial charge in [0.1, 0.15) is 12.3 Å². The van der Waals surface area contributed by atoms with Gasteiger partial charge in [0.15, 0.2) is 0 Å². The largest absolute Gasteiger partial charge is 0.495 e. The fourth-order valence-corrected chi connectivity index (χ4v) is 3.91. The van der Waals surface area contributed by atoms with Crippen molar-refractivity contribution in [3.8, 4) is 28.6 Å². The summed E-state index contributed by atoms with van der Waals surface area (Å²) in [5.41, 5.74) is 1.78. The molecule has 0 aliphatic carbocycles. The average Bonchev–Trinajstić information content (AvgIpc) is 3.36. The van der Waals surface area contributed by atoms with Gasteiger partial charge in [-0.15, -0.1) is 0 Å². The Kier molecular flexibility index (Phi) is 5.99. The molecule has 0 bridgehead atoms. The summed E-state index contributed by atoms with van der Waals surface area (Å²) < 4.78 is 12.1. The first kappa shape index (κ1) is 22.3. The molecule has 0 fully saturated rings.